The zero-order valence-electron chi connectivity index (χ0n) is 13.1. The van der Waals surface area contributed by atoms with Crippen molar-refractivity contribution in [1.82, 2.24) is 4.90 Å². The van der Waals surface area contributed by atoms with Crippen molar-refractivity contribution in [3.8, 4) is 11.8 Å². The second-order valence-corrected chi connectivity index (χ2v) is 5.87. The number of hydrogen-bond acceptors (Lipinski definition) is 3. The maximum absolute atomic E-state index is 8.65. The van der Waals surface area contributed by atoms with Gasteiger partial charge in [0.1, 0.15) is 12.4 Å². The Kier molecular flexibility index (Phi) is 6.56. The lowest BCUT2D eigenvalue weighted by Gasteiger charge is -2.20. The highest BCUT2D eigenvalue weighted by molar-refractivity contribution is 5.28. The molecule has 0 spiro atoms. The average Bonchev–Trinajstić information content (AvgIpc) is 2.74. The van der Waals surface area contributed by atoms with Gasteiger partial charge in [-0.1, -0.05) is 25.5 Å². The Morgan fingerprint density at radius 2 is 2.05 bits per heavy atom. The van der Waals surface area contributed by atoms with Crippen LogP contribution in [0, 0.1) is 17.2 Å². The zero-order valence-corrected chi connectivity index (χ0v) is 13.1. The first-order chi connectivity index (χ1) is 10.3. The average molecular weight is 286 g/mol. The van der Waals surface area contributed by atoms with Crippen LogP contribution in [0.3, 0.4) is 0 Å². The van der Waals surface area contributed by atoms with E-state index in [1.807, 2.05) is 24.3 Å². The van der Waals surface area contributed by atoms with E-state index in [-0.39, 0.29) is 0 Å². The Morgan fingerprint density at radius 1 is 1.24 bits per heavy atom. The minimum atomic E-state index is 0.465. The third-order valence-corrected chi connectivity index (χ3v) is 4.40. The van der Waals surface area contributed by atoms with Crippen LogP contribution in [0.2, 0.25) is 0 Å². The molecular weight excluding hydrogens is 260 g/mol. The lowest BCUT2D eigenvalue weighted by molar-refractivity contribution is 0.212. The van der Waals surface area contributed by atoms with Gasteiger partial charge < -0.3 is 4.74 Å². The van der Waals surface area contributed by atoms with Crippen molar-refractivity contribution in [2.45, 2.75) is 39.0 Å². The largest absolute Gasteiger partial charge is 0.492 e. The molecule has 0 radical (unpaired) electrons. The van der Waals surface area contributed by atoms with Crippen molar-refractivity contribution in [1.29, 1.82) is 5.26 Å². The van der Waals surface area contributed by atoms with Gasteiger partial charge in [-0.3, -0.25) is 4.90 Å². The van der Waals surface area contributed by atoms with Gasteiger partial charge in [-0.05, 0) is 56.0 Å². The highest BCUT2D eigenvalue weighted by atomic mass is 16.5. The Bertz CT molecular complexity index is 449. The maximum Gasteiger partial charge on any atom is 0.119 e. The Labute approximate surface area is 128 Å². The molecule has 1 aliphatic rings. The topological polar surface area (TPSA) is 36.3 Å². The van der Waals surface area contributed by atoms with E-state index in [9.17, 15) is 0 Å². The van der Waals surface area contributed by atoms with Crippen molar-refractivity contribution < 1.29 is 4.74 Å². The standard InChI is InChI=1S/C18H26N2O/c1-2-16-4-3-12-20(13-10-16)14-15-21-18-7-5-17(6-8-18)9-11-19/h5-8,16H,2-4,9-10,12-15H2,1H3. The predicted molar refractivity (Wildman–Crippen MR) is 85.3 cm³/mol. The molecule has 2 rings (SSSR count). The van der Waals surface area contributed by atoms with Crippen molar-refractivity contribution in [2.75, 3.05) is 26.2 Å². The highest BCUT2D eigenvalue weighted by Gasteiger charge is 2.15. The Hall–Kier alpha value is -1.53. The molecule has 3 heteroatoms. The molecule has 0 N–H and O–H groups in total. The lowest BCUT2D eigenvalue weighted by atomic mass is 9.98. The van der Waals surface area contributed by atoms with E-state index in [0.717, 1.165) is 30.4 Å². The van der Waals surface area contributed by atoms with E-state index in [2.05, 4.69) is 17.9 Å². The summed E-state index contributed by atoms with van der Waals surface area (Å²) in [6, 6.07) is 10.0. The molecule has 0 amide bonds. The maximum atomic E-state index is 8.65. The molecule has 1 saturated heterocycles. The van der Waals surface area contributed by atoms with Crippen LogP contribution in [-0.2, 0) is 6.42 Å². The zero-order chi connectivity index (χ0) is 14.9. The number of nitriles is 1. The summed E-state index contributed by atoms with van der Waals surface area (Å²) in [5.74, 6) is 1.82. The lowest BCUT2D eigenvalue weighted by Crippen LogP contribution is -2.29. The monoisotopic (exact) mass is 286 g/mol. The first kappa shape index (κ1) is 15.9. The van der Waals surface area contributed by atoms with Gasteiger partial charge >= 0.3 is 0 Å². The van der Waals surface area contributed by atoms with Gasteiger partial charge in [0.2, 0.25) is 0 Å². The fraction of sp³-hybridized carbons (Fsp3) is 0.611. The minimum absolute atomic E-state index is 0.465. The molecule has 1 fully saturated rings. The fourth-order valence-electron chi connectivity index (χ4n) is 2.94. The summed E-state index contributed by atoms with van der Waals surface area (Å²) in [4.78, 5) is 2.53. The number of nitrogens with zero attached hydrogens (tertiary/aromatic N) is 2. The summed E-state index contributed by atoms with van der Waals surface area (Å²) >= 11 is 0. The van der Waals surface area contributed by atoms with Gasteiger partial charge in [0.05, 0.1) is 12.5 Å². The van der Waals surface area contributed by atoms with Crippen LogP contribution < -0.4 is 4.74 Å². The molecule has 1 aromatic carbocycles. The van der Waals surface area contributed by atoms with Crippen molar-refractivity contribution in [3.63, 3.8) is 0 Å². The summed E-state index contributed by atoms with van der Waals surface area (Å²) < 4.78 is 5.81. The molecule has 1 atom stereocenters. The molecule has 1 aliphatic heterocycles. The minimum Gasteiger partial charge on any atom is -0.492 e. The van der Waals surface area contributed by atoms with Gasteiger partial charge in [0.15, 0.2) is 0 Å². The van der Waals surface area contributed by atoms with Crippen molar-refractivity contribution >= 4 is 0 Å². The molecule has 1 unspecified atom stereocenters. The quantitative estimate of drug-likeness (QED) is 0.801. The van der Waals surface area contributed by atoms with Crippen LogP contribution in [0.5, 0.6) is 5.75 Å². The molecular formula is C18H26N2O. The fourth-order valence-corrected chi connectivity index (χ4v) is 2.94. The Morgan fingerprint density at radius 3 is 2.76 bits per heavy atom. The van der Waals surface area contributed by atoms with E-state index >= 15 is 0 Å². The number of likely N-dealkylation sites (tertiary alicyclic amines) is 1. The van der Waals surface area contributed by atoms with Gasteiger partial charge in [0.25, 0.3) is 0 Å². The molecule has 1 heterocycles. The molecule has 114 valence electrons. The van der Waals surface area contributed by atoms with Crippen molar-refractivity contribution in [2.24, 2.45) is 5.92 Å². The van der Waals surface area contributed by atoms with Gasteiger partial charge in [-0.2, -0.15) is 5.26 Å². The first-order valence-electron chi connectivity index (χ1n) is 8.13. The second-order valence-electron chi connectivity index (χ2n) is 5.87. The number of ether oxygens (including phenoxy) is 1. The van der Waals surface area contributed by atoms with Crippen LogP contribution >= 0.6 is 0 Å². The summed E-state index contributed by atoms with van der Waals surface area (Å²) in [5.41, 5.74) is 1.04. The molecule has 0 saturated carbocycles. The molecule has 0 aromatic heterocycles. The van der Waals surface area contributed by atoms with Gasteiger partial charge in [0, 0.05) is 6.54 Å². The molecule has 3 nitrogen and oxygen atoms in total. The van der Waals surface area contributed by atoms with Crippen LogP contribution in [0.15, 0.2) is 24.3 Å². The summed E-state index contributed by atoms with van der Waals surface area (Å²) in [7, 11) is 0. The number of benzene rings is 1. The molecule has 0 aliphatic carbocycles. The third-order valence-electron chi connectivity index (χ3n) is 4.40. The van der Waals surface area contributed by atoms with Crippen LogP contribution in [0.25, 0.3) is 0 Å². The molecule has 1 aromatic rings. The third kappa shape index (κ3) is 5.40. The highest BCUT2D eigenvalue weighted by Crippen LogP contribution is 2.20. The van der Waals surface area contributed by atoms with Gasteiger partial charge in [-0.25, -0.2) is 0 Å². The normalized spacial score (nSPS) is 19.7. The van der Waals surface area contributed by atoms with E-state index in [4.69, 9.17) is 10.00 Å². The van der Waals surface area contributed by atoms with E-state index in [1.54, 1.807) is 0 Å². The number of hydrogen-bond donors (Lipinski definition) is 0. The van der Waals surface area contributed by atoms with Gasteiger partial charge in [-0.15, -0.1) is 0 Å². The van der Waals surface area contributed by atoms with E-state index in [0.29, 0.717) is 6.42 Å². The molecule has 21 heavy (non-hydrogen) atoms. The molecule has 0 bridgehead atoms. The van der Waals surface area contributed by atoms with Crippen LogP contribution in [0.1, 0.15) is 38.2 Å². The summed E-state index contributed by atoms with van der Waals surface area (Å²) in [5, 5.41) is 8.65. The second kappa shape index (κ2) is 8.69. The predicted octanol–water partition coefficient (Wildman–Crippen LogP) is 3.64. The smallest absolute Gasteiger partial charge is 0.119 e. The number of rotatable bonds is 6. The SMILES string of the molecule is CCC1CCCN(CCOc2ccc(CC#N)cc2)CC1. The Balaban J connectivity index is 1.70. The van der Waals surface area contributed by atoms with Crippen LogP contribution in [-0.4, -0.2) is 31.1 Å². The summed E-state index contributed by atoms with van der Waals surface area (Å²) in [6.45, 7) is 6.48. The van der Waals surface area contributed by atoms with Crippen LogP contribution in [0.4, 0.5) is 0 Å². The van der Waals surface area contributed by atoms with Crippen molar-refractivity contribution in [3.05, 3.63) is 29.8 Å². The summed E-state index contributed by atoms with van der Waals surface area (Å²) in [6.07, 6.45) is 5.82. The van der Waals surface area contributed by atoms with E-state index in [1.165, 1.54) is 38.8 Å². The van der Waals surface area contributed by atoms with E-state index < -0.39 is 0 Å². The first-order valence-corrected chi connectivity index (χ1v) is 8.13.